The molecule has 3 rings (SSSR count). The molecule has 2 heterocycles. The standard InChI is InChI=1S/C20H31N3O6S/c1-17-15-18(3-4-19(17)29-14-13-27-2)30(25,26)23-7-5-22(6-8-23)20(24)16-21-9-11-28-12-10-21/h3-4,15H,5-14,16H2,1-2H3. The molecule has 0 unspecified atom stereocenters. The molecule has 2 aliphatic rings. The fraction of sp³-hybridized carbons (Fsp3) is 0.650. The van der Waals surface area contributed by atoms with Gasteiger partial charge >= 0.3 is 0 Å². The number of carbonyl (C=O) groups excluding carboxylic acids is 1. The van der Waals surface area contributed by atoms with Crippen molar-refractivity contribution in [2.75, 3.05) is 79.4 Å². The Morgan fingerprint density at radius 2 is 1.77 bits per heavy atom. The monoisotopic (exact) mass is 441 g/mol. The van der Waals surface area contributed by atoms with E-state index in [-0.39, 0.29) is 10.8 Å². The maximum absolute atomic E-state index is 13.0. The van der Waals surface area contributed by atoms with Crippen molar-refractivity contribution in [3.63, 3.8) is 0 Å². The van der Waals surface area contributed by atoms with Gasteiger partial charge in [0.2, 0.25) is 15.9 Å². The van der Waals surface area contributed by atoms with Crippen LogP contribution in [-0.2, 0) is 24.3 Å². The Hall–Kier alpha value is -1.72. The van der Waals surface area contributed by atoms with Crippen LogP contribution in [0.15, 0.2) is 23.1 Å². The van der Waals surface area contributed by atoms with Crippen LogP contribution in [0.3, 0.4) is 0 Å². The maximum Gasteiger partial charge on any atom is 0.243 e. The average Bonchev–Trinajstić information content (AvgIpc) is 2.75. The second-order valence-electron chi connectivity index (χ2n) is 7.44. The highest BCUT2D eigenvalue weighted by molar-refractivity contribution is 7.89. The summed E-state index contributed by atoms with van der Waals surface area (Å²) in [6.45, 7) is 7.25. The van der Waals surface area contributed by atoms with E-state index in [9.17, 15) is 13.2 Å². The van der Waals surface area contributed by atoms with E-state index in [0.29, 0.717) is 64.9 Å². The smallest absolute Gasteiger partial charge is 0.243 e. The number of methoxy groups -OCH3 is 1. The van der Waals surface area contributed by atoms with Gasteiger partial charge in [0.05, 0.1) is 31.3 Å². The highest BCUT2D eigenvalue weighted by atomic mass is 32.2. The number of benzene rings is 1. The number of amides is 1. The summed E-state index contributed by atoms with van der Waals surface area (Å²) in [4.78, 5) is 16.6. The van der Waals surface area contributed by atoms with Gasteiger partial charge in [-0.2, -0.15) is 4.31 Å². The molecule has 2 aliphatic heterocycles. The Morgan fingerprint density at radius 3 is 2.40 bits per heavy atom. The lowest BCUT2D eigenvalue weighted by Crippen LogP contribution is -2.53. The summed E-state index contributed by atoms with van der Waals surface area (Å²) < 4.78 is 43.4. The number of aryl methyl sites for hydroxylation is 1. The molecule has 0 radical (unpaired) electrons. The quantitative estimate of drug-likeness (QED) is 0.532. The minimum atomic E-state index is -3.61. The van der Waals surface area contributed by atoms with E-state index in [1.165, 1.54) is 4.31 Å². The zero-order valence-corrected chi connectivity index (χ0v) is 18.5. The van der Waals surface area contributed by atoms with Crippen molar-refractivity contribution in [1.29, 1.82) is 0 Å². The molecule has 2 fully saturated rings. The number of nitrogens with zero attached hydrogens (tertiary/aromatic N) is 3. The Kier molecular flexibility index (Phi) is 8.06. The van der Waals surface area contributed by atoms with E-state index in [0.717, 1.165) is 18.7 Å². The summed E-state index contributed by atoms with van der Waals surface area (Å²) in [6, 6.07) is 4.88. The van der Waals surface area contributed by atoms with Crippen molar-refractivity contribution >= 4 is 15.9 Å². The van der Waals surface area contributed by atoms with Crippen LogP contribution >= 0.6 is 0 Å². The van der Waals surface area contributed by atoms with Crippen LogP contribution in [0.1, 0.15) is 5.56 Å². The molecule has 0 spiro atoms. The van der Waals surface area contributed by atoms with Crippen molar-refractivity contribution in [3.8, 4) is 5.75 Å². The van der Waals surface area contributed by atoms with Gasteiger partial charge in [-0.3, -0.25) is 9.69 Å². The normalized spacial score (nSPS) is 19.1. The van der Waals surface area contributed by atoms with E-state index in [2.05, 4.69) is 4.90 Å². The third-order valence-electron chi connectivity index (χ3n) is 5.38. The number of hydrogen-bond donors (Lipinski definition) is 0. The Labute approximate surface area is 178 Å². The Balaban J connectivity index is 1.56. The topological polar surface area (TPSA) is 88.6 Å². The van der Waals surface area contributed by atoms with Gasteiger partial charge < -0.3 is 19.1 Å². The highest BCUT2D eigenvalue weighted by Crippen LogP contribution is 2.25. The predicted molar refractivity (Wildman–Crippen MR) is 111 cm³/mol. The largest absolute Gasteiger partial charge is 0.491 e. The third-order valence-corrected chi connectivity index (χ3v) is 7.28. The first-order valence-corrected chi connectivity index (χ1v) is 11.7. The first-order valence-electron chi connectivity index (χ1n) is 10.2. The van der Waals surface area contributed by atoms with Crippen LogP contribution in [0.5, 0.6) is 5.75 Å². The summed E-state index contributed by atoms with van der Waals surface area (Å²) in [5.41, 5.74) is 0.756. The lowest BCUT2D eigenvalue weighted by Gasteiger charge is -2.35. The lowest BCUT2D eigenvalue weighted by atomic mass is 10.2. The number of carbonyl (C=O) groups is 1. The average molecular weight is 442 g/mol. The maximum atomic E-state index is 13.0. The fourth-order valence-corrected chi connectivity index (χ4v) is 5.06. The molecule has 30 heavy (non-hydrogen) atoms. The van der Waals surface area contributed by atoms with Crippen LogP contribution in [0.25, 0.3) is 0 Å². The van der Waals surface area contributed by atoms with Crippen LogP contribution in [0.4, 0.5) is 0 Å². The molecule has 1 amide bonds. The van der Waals surface area contributed by atoms with E-state index >= 15 is 0 Å². The van der Waals surface area contributed by atoms with Gasteiger partial charge in [0.15, 0.2) is 0 Å². The number of piperazine rings is 1. The van der Waals surface area contributed by atoms with Gasteiger partial charge in [0, 0.05) is 46.4 Å². The predicted octanol–water partition coefficient (Wildman–Crippen LogP) is 0.185. The van der Waals surface area contributed by atoms with Gasteiger partial charge in [-0.25, -0.2) is 8.42 Å². The summed E-state index contributed by atoms with van der Waals surface area (Å²) in [6.07, 6.45) is 0. The molecule has 0 aromatic heterocycles. The van der Waals surface area contributed by atoms with E-state index in [4.69, 9.17) is 14.2 Å². The van der Waals surface area contributed by atoms with Gasteiger partial charge in [0.1, 0.15) is 12.4 Å². The molecule has 0 saturated carbocycles. The van der Waals surface area contributed by atoms with Crippen LogP contribution in [0, 0.1) is 6.92 Å². The van der Waals surface area contributed by atoms with E-state index in [1.807, 2.05) is 6.92 Å². The summed E-state index contributed by atoms with van der Waals surface area (Å²) in [5, 5.41) is 0. The molecule has 1 aromatic carbocycles. The van der Waals surface area contributed by atoms with Crippen LogP contribution < -0.4 is 4.74 Å². The minimum Gasteiger partial charge on any atom is -0.491 e. The Bertz CT molecular complexity index is 818. The molecule has 0 aliphatic carbocycles. The second-order valence-corrected chi connectivity index (χ2v) is 9.38. The number of morpholine rings is 1. The molecular weight excluding hydrogens is 410 g/mol. The first kappa shape index (κ1) is 23.0. The van der Waals surface area contributed by atoms with Gasteiger partial charge in [-0.05, 0) is 30.7 Å². The number of sulfonamides is 1. The van der Waals surface area contributed by atoms with Gasteiger partial charge in [-0.1, -0.05) is 0 Å². The summed E-state index contributed by atoms with van der Waals surface area (Å²) in [7, 11) is -2.02. The summed E-state index contributed by atoms with van der Waals surface area (Å²) in [5.74, 6) is 0.687. The van der Waals surface area contributed by atoms with E-state index in [1.54, 1.807) is 30.2 Å². The first-order chi connectivity index (χ1) is 14.4. The van der Waals surface area contributed by atoms with E-state index < -0.39 is 10.0 Å². The molecular formula is C20H31N3O6S. The van der Waals surface area contributed by atoms with Crippen molar-refractivity contribution in [3.05, 3.63) is 23.8 Å². The molecule has 168 valence electrons. The summed E-state index contributed by atoms with van der Waals surface area (Å²) >= 11 is 0. The lowest BCUT2D eigenvalue weighted by molar-refractivity contribution is -0.134. The number of ether oxygens (including phenoxy) is 3. The minimum absolute atomic E-state index is 0.0438. The molecule has 9 nitrogen and oxygen atoms in total. The molecule has 0 bridgehead atoms. The SMILES string of the molecule is COCCOc1ccc(S(=O)(=O)N2CCN(C(=O)CN3CCOCC3)CC2)cc1C. The highest BCUT2D eigenvalue weighted by Gasteiger charge is 2.31. The molecule has 1 aromatic rings. The number of rotatable bonds is 8. The van der Waals surface area contributed by atoms with Crippen molar-refractivity contribution in [2.45, 2.75) is 11.8 Å². The molecule has 10 heteroatoms. The molecule has 2 saturated heterocycles. The fourth-order valence-electron chi connectivity index (χ4n) is 3.56. The van der Waals surface area contributed by atoms with Gasteiger partial charge in [-0.15, -0.1) is 0 Å². The zero-order chi connectivity index (χ0) is 21.6. The second kappa shape index (κ2) is 10.5. The van der Waals surface area contributed by atoms with Gasteiger partial charge in [0.25, 0.3) is 0 Å². The van der Waals surface area contributed by atoms with Crippen molar-refractivity contribution in [1.82, 2.24) is 14.1 Å². The molecule has 0 N–H and O–H groups in total. The van der Waals surface area contributed by atoms with Crippen molar-refractivity contribution in [2.24, 2.45) is 0 Å². The van der Waals surface area contributed by atoms with Crippen molar-refractivity contribution < 1.29 is 27.4 Å². The van der Waals surface area contributed by atoms with Crippen LogP contribution in [-0.4, -0.2) is 108 Å². The Morgan fingerprint density at radius 1 is 1.07 bits per heavy atom. The third kappa shape index (κ3) is 5.70. The van der Waals surface area contributed by atoms with Crippen LogP contribution in [0.2, 0.25) is 0 Å². The number of hydrogen-bond acceptors (Lipinski definition) is 7. The zero-order valence-electron chi connectivity index (χ0n) is 17.7. The molecule has 0 atom stereocenters.